The van der Waals surface area contributed by atoms with E-state index in [4.69, 9.17) is 5.11 Å². The second kappa shape index (κ2) is 7.66. The number of imidazole rings is 1. The van der Waals surface area contributed by atoms with E-state index in [0.29, 0.717) is 13.0 Å². The van der Waals surface area contributed by atoms with Crippen LogP contribution in [-0.4, -0.2) is 27.2 Å². The Labute approximate surface area is 146 Å². The van der Waals surface area contributed by atoms with Crippen molar-refractivity contribution in [2.75, 3.05) is 11.9 Å². The summed E-state index contributed by atoms with van der Waals surface area (Å²) in [6, 6.07) is 16.1. The van der Waals surface area contributed by atoms with Gasteiger partial charge in [-0.05, 0) is 42.3 Å². The summed E-state index contributed by atoms with van der Waals surface area (Å²) in [7, 11) is 2.01. The number of nitrogens with one attached hydrogen (secondary N) is 1. The van der Waals surface area contributed by atoms with Gasteiger partial charge >= 0.3 is 5.97 Å². The van der Waals surface area contributed by atoms with Crippen LogP contribution >= 0.6 is 0 Å². The maximum Gasteiger partial charge on any atom is 0.303 e. The van der Waals surface area contributed by atoms with Gasteiger partial charge in [0.1, 0.15) is 5.82 Å². The molecule has 0 saturated carbocycles. The quantitative estimate of drug-likeness (QED) is 0.640. The molecule has 0 unspecified atom stereocenters. The number of aromatic nitrogens is 2. The Balaban J connectivity index is 1.69. The Bertz CT molecular complexity index is 912. The van der Waals surface area contributed by atoms with Crippen LogP contribution in [0.2, 0.25) is 0 Å². The molecule has 0 spiro atoms. The Morgan fingerprint density at radius 3 is 2.84 bits per heavy atom. The molecule has 0 bridgehead atoms. The first-order valence-electron chi connectivity index (χ1n) is 8.29. The Morgan fingerprint density at radius 2 is 2.04 bits per heavy atom. The Kier molecular flexibility index (Phi) is 5.14. The number of carboxylic acids is 1. The molecule has 128 valence electrons. The molecular weight excluding hydrogens is 314 g/mol. The smallest absolute Gasteiger partial charge is 0.303 e. The summed E-state index contributed by atoms with van der Waals surface area (Å²) in [6.45, 7) is 0.643. The Hall–Kier alpha value is -3.08. The SMILES string of the molecule is Cn1c(C=Cc2cccc(NCCCC(=O)O)c2)nc2ccccc21. The lowest BCUT2D eigenvalue weighted by molar-refractivity contribution is -0.137. The van der Waals surface area contributed by atoms with Gasteiger partial charge in [-0.15, -0.1) is 0 Å². The number of anilines is 1. The highest BCUT2D eigenvalue weighted by Crippen LogP contribution is 2.17. The van der Waals surface area contributed by atoms with E-state index >= 15 is 0 Å². The lowest BCUT2D eigenvalue weighted by Crippen LogP contribution is -2.04. The minimum atomic E-state index is -0.763. The Morgan fingerprint density at radius 1 is 1.20 bits per heavy atom. The van der Waals surface area contributed by atoms with Crippen LogP contribution in [0.5, 0.6) is 0 Å². The molecule has 0 saturated heterocycles. The number of hydrogen-bond acceptors (Lipinski definition) is 3. The minimum absolute atomic E-state index is 0.180. The van der Waals surface area contributed by atoms with Crippen LogP contribution in [0.1, 0.15) is 24.2 Å². The first-order valence-corrected chi connectivity index (χ1v) is 8.29. The summed E-state index contributed by atoms with van der Waals surface area (Å²) in [5.74, 6) is 0.141. The number of rotatable bonds is 7. The number of aryl methyl sites for hydroxylation is 1. The number of benzene rings is 2. The molecule has 0 amide bonds. The molecule has 3 rings (SSSR count). The van der Waals surface area contributed by atoms with E-state index < -0.39 is 5.97 Å². The van der Waals surface area contributed by atoms with Crippen LogP contribution in [0.3, 0.4) is 0 Å². The number of carbonyl (C=O) groups is 1. The molecule has 0 radical (unpaired) electrons. The summed E-state index contributed by atoms with van der Waals surface area (Å²) >= 11 is 0. The molecule has 2 aromatic carbocycles. The third-order valence-corrected chi connectivity index (χ3v) is 4.03. The molecule has 0 atom stereocenters. The van der Waals surface area contributed by atoms with Gasteiger partial charge in [-0.3, -0.25) is 4.79 Å². The second-order valence-corrected chi connectivity index (χ2v) is 5.90. The summed E-state index contributed by atoms with van der Waals surface area (Å²) in [4.78, 5) is 15.2. The van der Waals surface area contributed by atoms with Crippen LogP contribution in [0.4, 0.5) is 5.69 Å². The number of hydrogen-bond donors (Lipinski definition) is 2. The van der Waals surface area contributed by atoms with E-state index in [1.54, 1.807) is 0 Å². The fourth-order valence-electron chi connectivity index (χ4n) is 2.71. The molecule has 0 aliphatic heterocycles. The molecule has 0 aliphatic rings. The van der Waals surface area contributed by atoms with Crippen LogP contribution in [0.15, 0.2) is 48.5 Å². The van der Waals surface area contributed by atoms with E-state index in [1.165, 1.54) is 0 Å². The van der Waals surface area contributed by atoms with Gasteiger partial charge < -0.3 is 15.0 Å². The lowest BCUT2D eigenvalue weighted by atomic mass is 10.2. The summed E-state index contributed by atoms with van der Waals surface area (Å²) in [5.41, 5.74) is 4.14. The molecular formula is C20H21N3O2. The number of fused-ring (bicyclic) bond motifs is 1. The molecule has 2 N–H and O–H groups in total. The fourth-order valence-corrected chi connectivity index (χ4v) is 2.71. The topological polar surface area (TPSA) is 67.2 Å². The number of para-hydroxylation sites is 2. The maximum absolute atomic E-state index is 10.5. The standard InChI is InChI=1S/C20H21N3O2/c1-23-18-9-3-2-8-17(18)22-19(23)12-11-15-6-4-7-16(14-15)21-13-5-10-20(24)25/h2-4,6-9,11-12,14,21H,5,10,13H2,1H3,(H,24,25). The van der Waals surface area contributed by atoms with Crippen molar-refractivity contribution < 1.29 is 9.90 Å². The van der Waals surface area contributed by atoms with E-state index in [1.807, 2.05) is 61.7 Å². The summed E-state index contributed by atoms with van der Waals surface area (Å²) in [5, 5.41) is 11.9. The minimum Gasteiger partial charge on any atom is -0.481 e. The van der Waals surface area contributed by atoms with Crippen molar-refractivity contribution in [3.8, 4) is 0 Å². The zero-order chi connectivity index (χ0) is 17.6. The van der Waals surface area contributed by atoms with Gasteiger partial charge in [0.25, 0.3) is 0 Å². The molecule has 5 heteroatoms. The zero-order valence-electron chi connectivity index (χ0n) is 14.1. The van der Waals surface area contributed by atoms with Gasteiger partial charge in [-0.2, -0.15) is 0 Å². The van der Waals surface area contributed by atoms with Gasteiger partial charge in [-0.25, -0.2) is 4.98 Å². The summed E-state index contributed by atoms with van der Waals surface area (Å²) in [6.07, 6.45) is 4.82. The molecule has 1 heterocycles. The number of nitrogens with zero attached hydrogens (tertiary/aromatic N) is 2. The highest BCUT2D eigenvalue weighted by molar-refractivity contribution is 5.80. The van der Waals surface area contributed by atoms with Gasteiger partial charge in [0.05, 0.1) is 11.0 Å². The highest BCUT2D eigenvalue weighted by Gasteiger charge is 2.03. The maximum atomic E-state index is 10.5. The molecule has 3 aromatic rings. The molecule has 0 aliphatic carbocycles. The van der Waals surface area contributed by atoms with Gasteiger partial charge in [0.15, 0.2) is 0 Å². The van der Waals surface area contributed by atoms with Crippen LogP contribution < -0.4 is 5.32 Å². The van der Waals surface area contributed by atoms with E-state index in [0.717, 1.165) is 28.1 Å². The zero-order valence-corrected chi connectivity index (χ0v) is 14.1. The molecule has 0 fully saturated rings. The van der Waals surface area contributed by atoms with Crippen LogP contribution in [0.25, 0.3) is 23.2 Å². The van der Waals surface area contributed by atoms with Crippen LogP contribution in [0, 0.1) is 0 Å². The third-order valence-electron chi connectivity index (χ3n) is 4.03. The van der Waals surface area contributed by atoms with Crippen molar-refractivity contribution in [2.45, 2.75) is 12.8 Å². The van der Waals surface area contributed by atoms with Gasteiger partial charge in [0, 0.05) is 25.7 Å². The normalized spacial score (nSPS) is 11.2. The lowest BCUT2D eigenvalue weighted by Gasteiger charge is -2.06. The van der Waals surface area contributed by atoms with Crippen LogP contribution in [-0.2, 0) is 11.8 Å². The average Bonchev–Trinajstić information content (AvgIpc) is 2.94. The molecule has 5 nitrogen and oxygen atoms in total. The monoisotopic (exact) mass is 335 g/mol. The van der Waals surface area contributed by atoms with Crippen molar-refractivity contribution in [1.29, 1.82) is 0 Å². The number of carboxylic acid groups (broad SMARTS) is 1. The van der Waals surface area contributed by atoms with Crippen molar-refractivity contribution in [3.63, 3.8) is 0 Å². The van der Waals surface area contributed by atoms with Crippen molar-refractivity contribution in [2.24, 2.45) is 7.05 Å². The number of aliphatic carboxylic acids is 1. The van der Waals surface area contributed by atoms with Crippen molar-refractivity contribution in [1.82, 2.24) is 9.55 Å². The second-order valence-electron chi connectivity index (χ2n) is 5.90. The van der Waals surface area contributed by atoms with E-state index in [2.05, 4.69) is 20.9 Å². The highest BCUT2D eigenvalue weighted by atomic mass is 16.4. The molecule has 1 aromatic heterocycles. The van der Waals surface area contributed by atoms with Crippen molar-refractivity contribution in [3.05, 3.63) is 59.9 Å². The van der Waals surface area contributed by atoms with E-state index in [-0.39, 0.29) is 6.42 Å². The predicted octanol–water partition coefficient (Wildman–Crippen LogP) is 4.02. The van der Waals surface area contributed by atoms with Crippen molar-refractivity contribution >= 4 is 34.8 Å². The summed E-state index contributed by atoms with van der Waals surface area (Å²) < 4.78 is 2.07. The fraction of sp³-hybridized carbons (Fsp3) is 0.200. The third kappa shape index (κ3) is 4.26. The first kappa shape index (κ1) is 16.8. The predicted molar refractivity (Wildman–Crippen MR) is 101 cm³/mol. The first-order chi connectivity index (χ1) is 12.1. The largest absolute Gasteiger partial charge is 0.481 e. The van der Waals surface area contributed by atoms with Gasteiger partial charge in [-0.1, -0.05) is 30.3 Å². The van der Waals surface area contributed by atoms with Gasteiger partial charge in [0.2, 0.25) is 0 Å². The van der Waals surface area contributed by atoms with E-state index in [9.17, 15) is 4.79 Å². The molecule has 25 heavy (non-hydrogen) atoms. The average molecular weight is 335 g/mol.